The van der Waals surface area contributed by atoms with Gasteiger partial charge in [-0.15, -0.1) is 0 Å². The largest absolute Gasteiger partial charge is 0.464 e. The van der Waals surface area contributed by atoms with E-state index >= 15 is 0 Å². The van der Waals surface area contributed by atoms with Crippen LogP contribution < -0.4 is 26.4 Å². The van der Waals surface area contributed by atoms with Crippen LogP contribution in [0.15, 0.2) is 46.8 Å². The molecule has 1 aliphatic carbocycles. The molecule has 3 saturated heterocycles. The highest BCUT2D eigenvalue weighted by atomic mass is 16.7. The molecule has 4 aliphatic heterocycles. The number of nitrogens with two attached hydrogens (primary N) is 1. The number of piperazine rings is 1. The van der Waals surface area contributed by atoms with E-state index in [9.17, 15) is 43.2 Å². The van der Waals surface area contributed by atoms with Crippen molar-refractivity contribution >= 4 is 59.1 Å². The number of rotatable bonds is 16. The maximum atomic E-state index is 14.4. The fraction of sp³-hybridized carbons (Fsp3) is 0.537. The Morgan fingerprint density at radius 1 is 0.922 bits per heavy atom. The zero-order valence-corrected chi connectivity index (χ0v) is 36.1. The molecule has 1 aromatic carbocycles. The Kier molecular flexibility index (Phi) is 13.4. The second-order valence-corrected chi connectivity index (χ2v) is 15.6. The molecular formula is C41H49N5O18. The number of Topliss-reactive ketones (excluding diaryl/α,β-unsaturated/α-hetero) is 2. The van der Waals surface area contributed by atoms with Crippen LogP contribution >= 0.6 is 0 Å². The summed E-state index contributed by atoms with van der Waals surface area (Å²) in [4.78, 5) is 118. The molecule has 0 bridgehead atoms. The van der Waals surface area contributed by atoms with Crippen LogP contribution in [0.1, 0.15) is 48.0 Å². The number of benzene rings is 1. The monoisotopic (exact) mass is 899 g/mol. The van der Waals surface area contributed by atoms with Gasteiger partial charge in [0, 0.05) is 71.1 Å². The first-order chi connectivity index (χ1) is 30.2. The summed E-state index contributed by atoms with van der Waals surface area (Å²) in [7, 11) is 2.46. The van der Waals surface area contributed by atoms with E-state index in [-0.39, 0.29) is 52.7 Å². The van der Waals surface area contributed by atoms with Crippen LogP contribution in [0.25, 0.3) is 0 Å². The highest BCUT2D eigenvalue weighted by Crippen LogP contribution is 2.56. The number of fused-ring (bicyclic) bond motifs is 4. The average Bonchev–Trinajstić information content (AvgIpc) is 3.83. The third-order valence-electron chi connectivity index (χ3n) is 11.3. The van der Waals surface area contributed by atoms with Gasteiger partial charge in [-0.05, 0) is 31.2 Å². The van der Waals surface area contributed by atoms with Crippen molar-refractivity contribution in [2.45, 2.75) is 102 Å². The van der Waals surface area contributed by atoms with Gasteiger partial charge in [0.25, 0.3) is 0 Å². The Hall–Kier alpha value is -6.59. The third kappa shape index (κ3) is 8.95. The molecule has 64 heavy (non-hydrogen) atoms. The fourth-order valence-electron chi connectivity index (χ4n) is 8.89. The maximum absolute atomic E-state index is 14.4. The number of nitrogens with zero attached hydrogens (tertiary/aromatic N) is 1. The van der Waals surface area contributed by atoms with E-state index in [1.165, 1.54) is 38.3 Å². The van der Waals surface area contributed by atoms with Gasteiger partial charge in [0.2, 0.25) is 17.5 Å². The first-order valence-electron chi connectivity index (χ1n) is 20.0. The van der Waals surface area contributed by atoms with Gasteiger partial charge in [-0.1, -0.05) is 0 Å². The van der Waals surface area contributed by atoms with Crippen molar-refractivity contribution in [2.75, 3.05) is 39.3 Å². The molecular weight excluding hydrogens is 850 g/mol. The standard InChI is InChI=1S/C41H49N5O18/c1-17-30(34(53)29-25(15-59-39(42)55)41(57-8)37-26(45-37)14-46(41)32(29)33(17)52)44-23-9-11-24(12-10-23)63-40(38(54)56-7)13-27(60-20(4)49)31(43-18(2)47)36(64-40)35(62-22(6)51)28(61-21(5)50)16-58-19(3)48/h9-12,25-28,31,35-37,44-45H,13-16H2,1-8H3,(H2,42,55)(H,43,47)/t25-,26+,27+,28-,31-,35-,36-,37+,40-,41-/m1/s1. The van der Waals surface area contributed by atoms with Crippen LogP contribution in [-0.4, -0.2) is 146 Å². The zero-order chi connectivity index (χ0) is 47.0. The van der Waals surface area contributed by atoms with E-state index in [1.807, 2.05) is 0 Å². The van der Waals surface area contributed by atoms with Crippen LogP contribution in [-0.2, 0) is 76.3 Å². The topological polar surface area (TPSA) is 312 Å². The van der Waals surface area contributed by atoms with Gasteiger partial charge >= 0.3 is 41.7 Å². The predicted molar refractivity (Wildman–Crippen MR) is 212 cm³/mol. The minimum atomic E-state index is -2.55. The number of carbonyl (C=O) groups is 9. The summed E-state index contributed by atoms with van der Waals surface area (Å²) in [5.74, 6) is -9.90. The van der Waals surface area contributed by atoms with Crippen molar-refractivity contribution in [3.8, 4) is 5.75 Å². The van der Waals surface area contributed by atoms with Crippen molar-refractivity contribution in [2.24, 2.45) is 11.7 Å². The number of hydrogen-bond donors (Lipinski definition) is 4. The Morgan fingerprint density at radius 2 is 1.59 bits per heavy atom. The lowest BCUT2D eigenvalue weighted by molar-refractivity contribution is -0.289. The molecule has 1 aromatic rings. The van der Waals surface area contributed by atoms with Gasteiger partial charge in [-0.3, -0.25) is 33.6 Å². The van der Waals surface area contributed by atoms with E-state index in [0.717, 1.165) is 41.7 Å². The molecule has 0 unspecified atom stereocenters. The van der Waals surface area contributed by atoms with Crippen molar-refractivity contribution in [1.29, 1.82) is 0 Å². The van der Waals surface area contributed by atoms with E-state index in [1.54, 1.807) is 4.90 Å². The Balaban J connectivity index is 1.33. The number of amides is 2. The number of primary amides is 1. The van der Waals surface area contributed by atoms with Crippen molar-refractivity contribution in [3.05, 3.63) is 46.8 Å². The van der Waals surface area contributed by atoms with Gasteiger partial charge in [-0.25, -0.2) is 9.59 Å². The molecule has 23 nitrogen and oxygen atoms in total. The first-order valence-corrected chi connectivity index (χ1v) is 20.0. The Labute approximate surface area is 365 Å². The number of hydrogen-bond acceptors (Lipinski definition) is 21. The van der Waals surface area contributed by atoms with Crippen LogP contribution in [0.5, 0.6) is 5.75 Å². The normalized spacial score (nSPS) is 28.7. The summed E-state index contributed by atoms with van der Waals surface area (Å²) >= 11 is 0. The highest BCUT2D eigenvalue weighted by Gasteiger charge is 2.73. The SMILES string of the molecule is COC(=O)[C@@]1(Oc2ccc(NC3=C(C)C(=O)C4=C(C3=O)[C@@H](COC(N)=O)[C@@]3(OC)[C@H]5N[C@H]5CN43)cc2)C[C@H](OC(C)=O)[C@@H](NC(C)=O)[C@H]([C@H](OC(C)=O)[C@@H](COC(C)=O)OC(C)=O)O1. The van der Waals surface area contributed by atoms with Gasteiger partial charge < -0.3 is 69.2 Å². The maximum Gasteiger partial charge on any atom is 0.404 e. The number of nitrogens with one attached hydrogen (secondary N) is 3. The van der Waals surface area contributed by atoms with Crippen molar-refractivity contribution in [3.63, 3.8) is 0 Å². The molecule has 346 valence electrons. The zero-order valence-electron chi connectivity index (χ0n) is 36.1. The molecule has 0 spiro atoms. The van der Waals surface area contributed by atoms with E-state index < -0.39 is 114 Å². The van der Waals surface area contributed by atoms with Crippen LogP contribution in [0, 0.1) is 5.92 Å². The summed E-state index contributed by atoms with van der Waals surface area (Å²) < 4.78 is 50.6. The summed E-state index contributed by atoms with van der Waals surface area (Å²) in [5.41, 5.74) is 4.65. The number of ether oxygens (including phenoxy) is 9. The lowest BCUT2D eigenvalue weighted by Gasteiger charge is -2.48. The minimum Gasteiger partial charge on any atom is -0.464 e. The molecule has 5 aliphatic rings. The smallest absolute Gasteiger partial charge is 0.404 e. The number of ketones is 2. The molecule has 23 heteroatoms. The van der Waals surface area contributed by atoms with Crippen LogP contribution in [0.4, 0.5) is 10.5 Å². The average molecular weight is 900 g/mol. The summed E-state index contributed by atoms with van der Waals surface area (Å²) in [6.45, 7) is 6.15. The molecule has 2 amide bonds. The molecule has 0 radical (unpaired) electrons. The lowest BCUT2D eigenvalue weighted by atomic mass is 9.82. The molecule has 10 atom stereocenters. The fourth-order valence-corrected chi connectivity index (χ4v) is 8.89. The number of anilines is 1. The second kappa shape index (κ2) is 18.3. The van der Waals surface area contributed by atoms with E-state index in [0.29, 0.717) is 6.54 Å². The van der Waals surface area contributed by atoms with Crippen LogP contribution in [0.2, 0.25) is 0 Å². The lowest BCUT2D eigenvalue weighted by Crippen LogP contribution is -2.70. The highest BCUT2D eigenvalue weighted by molar-refractivity contribution is 6.26. The molecule has 5 N–H and O–H groups in total. The summed E-state index contributed by atoms with van der Waals surface area (Å²) in [5, 5.41) is 8.89. The Morgan fingerprint density at radius 3 is 2.16 bits per heavy atom. The molecule has 3 fully saturated rings. The molecule has 6 rings (SSSR count). The quantitative estimate of drug-likeness (QED) is 0.0697. The molecule has 0 saturated carbocycles. The second-order valence-electron chi connectivity index (χ2n) is 15.6. The molecule has 0 aromatic heterocycles. The van der Waals surface area contributed by atoms with Gasteiger partial charge in [0.1, 0.15) is 31.2 Å². The summed E-state index contributed by atoms with van der Waals surface area (Å²) in [6, 6.07) is 3.93. The minimum absolute atomic E-state index is 0.00719. The van der Waals surface area contributed by atoms with Gasteiger partial charge in [0.05, 0.1) is 42.9 Å². The Bertz CT molecular complexity index is 2210. The number of allylic oxidation sites excluding steroid dienone is 2. The van der Waals surface area contributed by atoms with Crippen molar-refractivity contribution in [1.82, 2.24) is 15.5 Å². The number of methoxy groups -OCH3 is 2. The van der Waals surface area contributed by atoms with E-state index in [2.05, 4.69) is 16.0 Å². The van der Waals surface area contributed by atoms with Gasteiger partial charge in [-0.2, -0.15) is 0 Å². The predicted octanol–water partition coefficient (Wildman–Crippen LogP) is -0.598. The number of carbonyl (C=O) groups excluding carboxylic acids is 9. The van der Waals surface area contributed by atoms with Gasteiger partial charge in [0.15, 0.2) is 17.9 Å². The third-order valence-corrected chi connectivity index (χ3v) is 11.3. The van der Waals surface area contributed by atoms with E-state index in [4.69, 9.17) is 48.4 Å². The summed E-state index contributed by atoms with van der Waals surface area (Å²) in [6.07, 6.45) is -8.31. The first kappa shape index (κ1) is 46.9. The molecule has 4 heterocycles. The van der Waals surface area contributed by atoms with Crippen molar-refractivity contribution < 1.29 is 85.8 Å². The number of esters is 5. The van der Waals surface area contributed by atoms with Crippen LogP contribution in [0.3, 0.4) is 0 Å².